The van der Waals surface area contributed by atoms with E-state index in [0.29, 0.717) is 53.3 Å². The first-order valence-corrected chi connectivity index (χ1v) is 14.5. The van der Waals surface area contributed by atoms with Crippen molar-refractivity contribution in [3.63, 3.8) is 0 Å². The van der Waals surface area contributed by atoms with Crippen molar-refractivity contribution in [2.45, 2.75) is 33.0 Å². The Balaban J connectivity index is 1.59. The Bertz CT molecular complexity index is 1830. The summed E-state index contributed by atoms with van der Waals surface area (Å²) in [6.07, 6.45) is 3.01. The van der Waals surface area contributed by atoms with Crippen LogP contribution in [0.1, 0.15) is 35.5 Å². The second-order valence-corrected chi connectivity index (χ2v) is 10.4. The molecule has 0 bridgehead atoms. The summed E-state index contributed by atoms with van der Waals surface area (Å²) in [5, 5.41) is 6.94. The molecule has 1 atom stereocenters. The average molecular weight is 637 g/mol. The summed E-state index contributed by atoms with van der Waals surface area (Å²) in [5.74, 6) is 2.28. The highest BCUT2D eigenvalue weighted by molar-refractivity contribution is 5.75. The number of methoxy groups -OCH3 is 3. The second-order valence-electron chi connectivity index (χ2n) is 10.4. The van der Waals surface area contributed by atoms with Gasteiger partial charge in [0.15, 0.2) is 11.6 Å². The zero-order valence-corrected chi connectivity index (χ0v) is 26.5. The predicted molar refractivity (Wildman–Crippen MR) is 175 cm³/mol. The Hall–Kier alpha value is -6.01. The van der Waals surface area contributed by atoms with Crippen molar-refractivity contribution in [1.29, 1.82) is 0 Å². The Kier molecular flexibility index (Phi) is 10.2. The molecule has 14 heteroatoms. The van der Waals surface area contributed by atoms with E-state index < -0.39 is 11.9 Å². The van der Waals surface area contributed by atoms with E-state index in [-0.39, 0.29) is 5.88 Å². The number of rotatable bonds is 13. The molecule has 5 aromatic rings. The minimum atomic E-state index is -0.640. The molecule has 3 heterocycles. The van der Waals surface area contributed by atoms with Crippen LogP contribution in [0.5, 0.6) is 17.4 Å². The van der Waals surface area contributed by atoms with E-state index in [2.05, 4.69) is 30.3 Å². The fourth-order valence-corrected chi connectivity index (χ4v) is 4.73. The molecule has 0 aliphatic heterocycles. The van der Waals surface area contributed by atoms with Crippen molar-refractivity contribution in [3.05, 3.63) is 112 Å². The van der Waals surface area contributed by atoms with E-state index in [1.54, 1.807) is 40.3 Å². The summed E-state index contributed by atoms with van der Waals surface area (Å²) in [7, 11) is 4.60. The summed E-state index contributed by atoms with van der Waals surface area (Å²) >= 11 is 0. The van der Waals surface area contributed by atoms with Gasteiger partial charge >= 0.3 is 0 Å². The van der Waals surface area contributed by atoms with Crippen LogP contribution in [0, 0.1) is 12.7 Å². The Labute approximate surface area is 271 Å². The Morgan fingerprint density at radius 3 is 2.06 bits per heavy atom. The van der Waals surface area contributed by atoms with Gasteiger partial charge in [0.1, 0.15) is 23.1 Å². The minimum absolute atomic E-state index is 0.131. The maximum atomic E-state index is 14.5. The smallest absolute Gasteiger partial charge is 0.250 e. The molecule has 0 spiro atoms. The highest BCUT2D eigenvalue weighted by atomic mass is 19.1. The molecule has 0 radical (unpaired) electrons. The van der Waals surface area contributed by atoms with E-state index in [1.807, 2.05) is 53.4 Å². The quantitative estimate of drug-likeness (QED) is 0.0801. The molecule has 0 aliphatic carbocycles. The number of nitrogens with one attached hydrogen (secondary N) is 1. The molecule has 13 nitrogen and oxygen atoms in total. The molecule has 1 unspecified atom stereocenters. The third kappa shape index (κ3) is 7.99. The van der Waals surface area contributed by atoms with Gasteiger partial charge in [-0.3, -0.25) is 0 Å². The molecule has 240 valence electrons. The van der Waals surface area contributed by atoms with Crippen LogP contribution in [0.15, 0.2) is 78.2 Å². The van der Waals surface area contributed by atoms with Crippen LogP contribution in [0.2, 0.25) is 0 Å². The highest BCUT2D eigenvalue weighted by Gasteiger charge is 2.20. The normalized spacial score (nSPS) is 11.3. The zero-order valence-electron chi connectivity index (χ0n) is 26.5. The lowest BCUT2D eigenvalue weighted by molar-refractivity contribution is 0.369. The molecular weight excluding hydrogens is 603 g/mol. The molecule has 0 saturated heterocycles. The van der Waals surface area contributed by atoms with Crippen molar-refractivity contribution in [3.8, 4) is 28.8 Å². The maximum absolute atomic E-state index is 14.5. The molecule has 5 rings (SSSR count). The number of azide groups is 1. The summed E-state index contributed by atoms with van der Waals surface area (Å²) in [4.78, 5) is 27.9. The van der Waals surface area contributed by atoms with Gasteiger partial charge in [-0.2, -0.15) is 9.97 Å². The van der Waals surface area contributed by atoms with Gasteiger partial charge < -0.3 is 24.4 Å². The Morgan fingerprint density at radius 2 is 1.51 bits per heavy atom. The van der Waals surface area contributed by atoms with Gasteiger partial charge in [-0.25, -0.2) is 19.3 Å². The first kappa shape index (κ1) is 32.4. The molecular formula is C33H33FN10O3. The molecule has 47 heavy (non-hydrogen) atoms. The summed E-state index contributed by atoms with van der Waals surface area (Å²) in [5.41, 5.74) is 12.5. The van der Waals surface area contributed by atoms with Crippen molar-refractivity contribution in [2.75, 3.05) is 31.5 Å². The lowest BCUT2D eigenvalue weighted by Crippen LogP contribution is -2.25. The maximum Gasteiger partial charge on any atom is 0.250 e. The molecule has 2 aromatic carbocycles. The number of benzene rings is 2. The largest absolute Gasteiger partial charge is 0.497 e. The van der Waals surface area contributed by atoms with Gasteiger partial charge in [0.25, 0.3) is 0 Å². The average Bonchev–Trinajstić information content (AvgIpc) is 3.08. The first-order valence-electron chi connectivity index (χ1n) is 14.5. The second kappa shape index (κ2) is 14.8. The first-order chi connectivity index (χ1) is 22.8. The molecule has 0 fully saturated rings. The zero-order chi connectivity index (χ0) is 33.3. The van der Waals surface area contributed by atoms with Crippen LogP contribution in [0.4, 0.5) is 21.8 Å². The topological polar surface area (TPSA) is 156 Å². The Morgan fingerprint density at radius 1 is 0.872 bits per heavy atom. The van der Waals surface area contributed by atoms with Gasteiger partial charge in [0.2, 0.25) is 11.8 Å². The van der Waals surface area contributed by atoms with Crippen molar-refractivity contribution in [2.24, 2.45) is 5.11 Å². The standard InChI is InChI=1S/C33H33FN10O3/c1-20(42-43-35)24-14-28(30(36-16-24)40-25-15-29(34)32(47-5)37-17-25)31-38-21(2)39-33(41-31)44(18-22-6-10-26(45-3)11-7-22)19-23-8-12-27(46-4)13-9-23/h6-17,20H,18-19H2,1-5H3,(H,36,40). The van der Waals surface area contributed by atoms with Gasteiger partial charge in [0.05, 0.1) is 44.8 Å². The number of pyridine rings is 2. The van der Waals surface area contributed by atoms with Crippen LogP contribution in [0.3, 0.4) is 0 Å². The predicted octanol–water partition coefficient (Wildman–Crippen LogP) is 7.12. The van der Waals surface area contributed by atoms with Crippen LogP contribution in [-0.4, -0.2) is 46.2 Å². The number of aryl methyl sites for hydroxylation is 1. The van der Waals surface area contributed by atoms with E-state index in [0.717, 1.165) is 22.6 Å². The van der Waals surface area contributed by atoms with Crippen molar-refractivity contribution < 1.29 is 18.6 Å². The summed E-state index contributed by atoms with van der Waals surface area (Å²) in [6.45, 7) is 4.50. The van der Waals surface area contributed by atoms with E-state index in [9.17, 15) is 4.39 Å². The molecule has 1 N–H and O–H groups in total. The van der Waals surface area contributed by atoms with Crippen LogP contribution < -0.4 is 24.4 Å². The van der Waals surface area contributed by atoms with Gasteiger partial charge in [-0.05, 0) is 59.5 Å². The number of anilines is 3. The number of hydrogen-bond donors (Lipinski definition) is 1. The highest BCUT2D eigenvalue weighted by Crippen LogP contribution is 2.32. The van der Waals surface area contributed by atoms with Crippen LogP contribution in [-0.2, 0) is 13.1 Å². The summed E-state index contributed by atoms with van der Waals surface area (Å²) < 4.78 is 30.2. The van der Waals surface area contributed by atoms with E-state index in [4.69, 9.17) is 29.7 Å². The van der Waals surface area contributed by atoms with Crippen molar-refractivity contribution >= 4 is 17.5 Å². The molecule has 3 aromatic heterocycles. The number of ether oxygens (including phenoxy) is 3. The number of halogens is 1. The van der Waals surface area contributed by atoms with Crippen LogP contribution >= 0.6 is 0 Å². The number of aromatic nitrogens is 5. The third-order valence-electron chi connectivity index (χ3n) is 7.20. The van der Waals surface area contributed by atoms with Gasteiger partial charge in [-0.15, -0.1) is 0 Å². The van der Waals surface area contributed by atoms with Gasteiger partial charge in [-0.1, -0.05) is 36.3 Å². The third-order valence-corrected chi connectivity index (χ3v) is 7.20. The monoisotopic (exact) mass is 636 g/mol. The van der Waals surface area contributed by atoms with E-state index >= 15 is 0 Å². The molecule has 0 amide bonds. The fraction of sp³-hybridized carbons (Fsp3) is 0.242. The number of nitrogens with zero attached hydrogens (tertiary/aromatic N) is 9. The number of hydrogen-bond acceptors (Lipinski definition) is 11. The van der Waals surface area contributed by atoms with Crippen LogP contribution in [0.25, 0.3) is 21.8 Å². The summed E-state index contributed by atoms with van der Waals surface area (Å²) in [6, 6.07) is 18.1. The minimum Gasteiger partial charge on any atom is -0.497 e. The van der Waals surface area contributed by atoms with E-state index in [1.165, 1.54) is 19.4 Å². The van der Waals surface area contributed by atoms with Gasteiger partial charge in [0, 0.05) is 30.3 Å². The lowest BCUT2D eigenvalue weighted by Gasteiger charge is -2.24. The van der Waals surface area contributed by atoms with Crippen molar-refractivity contribution in [1.82, 2.24) is 24.9 Å². The lowest BCUT2D eigenvalue weighted by atomic mass is 10.1. The molecule has 0 aliphatic rings. The molecule has 0 saturated carbocycles. The SMILES string of the molecule is COc1ccc(CN(Cc2ccc(OC)cc2)c2nc(C)nc(-c3cc(C(C)N=[N+]=[N-])cnc3Nc3cnc(OC)c(F)c3)n2)cc1. The fourth-order valence-electron chi connectivity index (χ4n) is 4.73.